The molecule has 1 atom stereocenters. The lowest BCUT2D eigenvalue weighted by Gasteiger charge is -2.11. The maximum atomic E-state index is 6.02. The van der Waals surface area contributed by atoms with Crippen molar-refractivity contribution in [2.75, 3.05) is 13.2 Å². The minimum Gasteiger partial charge on any atom is -0.472 e. The number of ether oxygens (including phenoxy) is 2. The number of hydrogen-bond donors (Lipinski definition) is 0. The van der Waals surface area contributed by atoms with Gasteiger partial charge in [-0.15, -0.1) is 0 Å². The highest BCUT2D eigenvalue weighted by molar-refractivity contribution is 6.29. The van der Waals surface area contributed by atoms with Crippen LogP contribution in [0, 0.1) is 0 Å². The summed E-state index contributed by atoms with van der Waals surface area (Å²) in [6.45, 7) is 1.33. The van der Waals surface area contributed by atoms with E-state index in [1.165, 1.54) is 0 Å². The van der Waals surface area contributed by atoms with Gasteiger partial charge in [0.1, 0.15) is 11.3 Å². The van der Waals surface area contributed by atoms with Gasteiger partial charge in [-0.3, -0.25) is 0 Å². The summed E-state index contributed by atoms with van der Waals surface area (Å²) in [6.07, 6.45) is 0.928. The average Bonchev–Trinajstić information content (AvgIpc) is 2.92. The summed E-state index contributed by atoms with van der Waals surface area (Å²) >= 11 is 6.02. The molecule has 0 bridgehead atoms. The van der Waals surface area contributed by atoms with Crippen LogP contribution in [0.4, 0.5) is 0 Å². The Bertz CT molecular complexity index is 557. The van der Waals surface area contributed by atoms with Crippen molar-refractivity contribution in [2.45, 2.75) is 12.5 Å². The van der Waals surface area contributed by atoms with E-state index in [2.05, 4.69) is 9.97 Å². The van der Waals surface area contributed by atoms with Gasteiger partial charge in [-0.1, -0.05) is 41.9 Å². The summed E-state index contributed by atoms with van der Waals surface area (Å²) in [5.74, 6) is 1.07. The molecule has 1 unspecified atom stereocenters. The molecule has 98 valence electrons. The third-order valence-corrected chi connectivity index (χ3v) is 3.07. The first-order chi connectivity index (χ1) is 9.31. The van der Waals surface area contributed by atoms with Crippen LogP contribution in [-0.4, -0.2) is 29.3 Å². The summed E-state index contributed by atoms with van der Waals surface area (Å²) in [5.41, 5.74) is 0.914. The lowest BCUT2D eigenvalue weighted by molar-refractivity contribution is 0.138. The highest BCUT2D eigenvalue weighted by Gasteiger charge is 2.18. The van der Waals surface area contributed by atoms with Crippen LogP contribution in [0.1, 0.15) is 6.42 Å². The molecule has 1 saturated heterocycles. The summed E-state index contributed by atoms with van der Waals surface area (Å²) in [4.78, 5) is 8.62. The van der Waals surface area contributed by atoms with Crippen molar-refractivity contribution in [3.05, 3.63) is 41.6 Å². The Morgan fingerprint density at radius 3 is 2.79 bits per heavy atom. The van der Waals surface area contributed by atoms with Crippen molar-refractivity contribution in [1.29, 1.82) is 0 Å². The van der Waals surface area contributed by atoms with Gasteiger partial charge in [-0.05, 0) is 0 Å². The van der Waals surface area contributed by atoms with Crippen LogP contribution in [0.3, 0.4) is 0 Å². The van der Waals surface area contributed by atoms with Crippen LogP contribution in [0.2, 0.25) is 5.15 Å². The number of rotatable bonds is 3. The molecule has 5 heteroatoms. The van der Waals surface area contributed by atoms with E-state index in [9.17, 15) is 0 Å². The molecule has 1 aromatic carbocycles. The first-order valence-corrected chi connectivity index (χ1v) is 6.53. The second-order valence-corrected chi connectivity index (χ2v) is 4.71. The average molecular weight is 277 g/mol. The Hall–Kier alpha value is -1.65. The Kier molecular flexibility index (Phi) is 3.62. The maximum Gasteiger partial charge on any atom is 0.218 e. The summed E-state index contributed by atoms with van der Waals surface area (Å²) < 4.78 is 11.0. The van der Waals surface area contributed by atoms with Gasteiger partial charge in [0.15, 0.2) is 5.82 Å². The molecule has 0 aliphatic carbocycles. The molecule has 3 rings (SSSR count). The van der Waals surface area contributed by atoms with E-state index in [-0.39, 0.29) is 6.10 Å². The molecule has 1 aliphatic heterocycles. The molecule has 1 aromatic heterocycles. The normalized spacial score (nSPS) is 18.5. The molecule has 0 amide bonds. The van der Waals surface area contributed by atoms with Crippen LogP contribution < -0.4 is 4.74 Å². The van der Waals surface area contributed by atoms with E-state index in [0.29, 0.717) is 23.5 Å². The number of halogens is 1. The van der Waals surface area contributed by atoms with E-state index >= 15 is 0 Å². The zero-order valence-corrected chi connectivity index (χ0v) is 11.0. The zero-order chi connectivity index (χ0) is 13.1. The molecular formula is C14H13ClN2O2. The topological polar surface area (TPSA) is 44.2 Å². The molecule has 0 N–H and O–H groups in total. The van der Waals surface area contributed by atoms with Crippen molar-refractivity contribution in [2.24, 2.45) is 0 Å². The SMILES string of the molecule is Clc1cc(OC2CCOC2)nc(-c2ccccc2)n1. The Morgan fingerprint density at radius 2 is 2.05 bits per heavy atom. The van der Waals surface area contributed by atoms with Crippen LogP contribution >= 0.6 is 11.6 Å². The molecule has 0 spiro atoms. The van der Waals surface area contributed by atoms with E-state index in [0.717, 1.165) is 18.6 Å². The molecule has 4 nitrogen and oxygen atoms in total. The van der Waals surface area contributed by atoms with Crippen LogP contribution in [0.5, 0.6) is 5.88 Å². The van der Waals surface area contributed by atoms with Gasteiger partial charge in [-0.25, -0.2) is 4.98 Å². The first kappa shape index (κ1) is 12.4. The van der Waals surface area contributed by atoms with Crippen molar-refractivity contribution in [1.82, 2.24) is 9.97 Å². The number of hydrogen-bond acceptors (Lipinski definition) is 4. The fourth-order valence-electron chi connectivity index (χ4n) is 1.95. The summed E-state index contributed by atoms with van der Waals surface area (Å²) in [7, 11) is 0. The molecule has 1 aliphatic rings. The standard InChI is InChI=1S/C14H13ClN2O2/c15-12-8-13(19-11-6-7-18-9-11)17-14(16-12)10-4-2-1-3-5-10/h1-5,8,11H,6-7,9H2. The highest BCUT2D eigenvalue weighted by atomic mass is 35.5. The molecular weight excluding hydrogens is 264 g/mol. The van der Waals surface area contributed by atoms with Gasteiger partial charge >= 0.3 is 0 Å². The highest BCUT2D eigenvalue weighted by Crippen LogP contribution is 2.23. The van der Waals surface area contributed by atoms with Gasteiger partial charge < -0.3 is 9.47 Å². The largest absolute Gasteiger partial charge is 0.472 e. The fraction of sp³-hybridized carbons (Fsp3) is 0.286. The van der Waals surface area contributed by atoms with E-state index in [1.54, 1.807) is 6.07 Å². The van der Waals surface area contributed by atoms with Crippen molar-refractivity contribution in [3.63, 3.8) is 0 Å². The minimum absolute atomic E-state index is 0.0505. The lowest BCUT2D eigenvalue weighted by atomic mass is 10.2. The Labute approximate surface area is 116 Å². The monoisotopic (exact) mass is 276 g/mol. The van der Waals surface area contributed by atoms with Gasteiger partial charge in [0.25, 0.3) is 0 Å². The van der Waals surface area contributed by atoms with Crippen LogP contribution in [-0.2, 0) is 4.74 Å². The third kappa shape index (κ3) is 3.03. The van der Waals surface area contributed by atoms with Crippen LogP contribution in [0.15, 0.2) is 36.4 Å². The molecule has 0 radical (unpaired) electrons. The van der Waals surface area contributed by atoms with E-state index in [4.69, 9.17) is 21.1 Å². The van der Waals surface area contributed by atoms with Gasteiger partial charge in [0.05, 0.1) is 13.2 Å². The molecule has 2 aromatic rings. The number of aromatic nitrogens is 2. The second kappa shape index (κ2) is 5.55. The Balaban J connectivity index is 1.87. The second-order valence-electron chi connectivity index (χ2n) is 4.32. The Morgan fingerprint density at radius 1 is 1.21 bits per heavy atom. The van der Waals surface area contributed by atoms with E-state index in [1.807, 2.05) is 30.3 Å². The van der Waals surface area contributed by atoms with Gasteiger partial charge in [0.2, 0.25) is 5.88 Å². The van der Waals surface area contributed by atoms with Gasteiger partial charge in [-0.2, -0.15) is 4.98 Å². The third-order valence-electron chi connectivity index (χ3n) is 2.88. The van der Waals surface area contributed by atoms with Crippen molar-refractivity contribution in [3.8, 4) is 17.3 Å². The zero-order valence-electron chi connectivity index (χ0n) is 10.3. The molecule has 0 saturated carbocycles. The molecule has 2 heterocycles. The lowest BCUT2D eigenvalue weighted by Crippen LogP contribution is -2.16. The van der Waals surface area contributed by atoms with Crippen LogP contribution in [0.25, 0.3) is 11.4 Å². The maximum absolute atomic E-state index is 6.02. The number of benzene rings is 1. The summed E-state index contributed by atoms with van der Waals surface area (Å²) in [6, 6.07) is 11.3. The quantitative estimate of drug-likeness (QED) is 0.809. The molecule has 1 fully saturated rings. The minimum atomic E-state index is 0.0505. The van der Waals surface area contributed by atoms with Crippen molar-refractivity contribution < 1.29 is 9.47 Å². The summed E-state index contributed by atoms with van der Waals surface area (Å²) in [5, 5.41) is 0.378. The molecule has 19 heavy (non-hydrogen) atoms. The van der Waals surface area contributed by atoms with Crippen molar-refractivity contribution >= 4 is 11.6 Å². The van der Waals surface area contributed by atoms with Gasteiger partial charge in [0, 0.05) is 18.1 Å². The predicted octanol–water partition coefficient (Wildman–Crippen LogP) is 2.96. The van der Waals surface area contributed by atoms with E-state index < -0.39 is 0 Å². The first-order valence-electron chi connectivity index (χ1n) is 6.16. The smallest absolute Gasteiger partial charge is 0.218 e. The fourth-order valence-corrected chi connectivity index (χ4v) is 2.12. The predicted molar refractivity (Wildman–Crippen MR) is 72.3 cm³/mol. The number of nitrogens with zero attached hydrogens (tertiary/aromatic N) is 2.